The predicted octanol–water partition coefficient (Wildman–Crippen LogP) is 0.878. The summed E-state index contributed by atoms with van der Waals surface area (Å²) in [4.78, 5) is 62.2. The number of esters is 1. The normalized spacial score (nSPS) is 17.2. The molecular weight excluding hydrogens is 653 g/mol. The number of sulfonamides is 1. The van der Waals surface area contributed by atoms with Crippen LogP contribution in [0, 0.1) is 5.41 Å². The molecular formula is C29H36N8O8S2. The molecule has 0 spiro atoms. The Kier molecular flexibility index (Phi) is 10.2. The van der Waals surface area contributed by atoms with Crippen molar-refractivity contribution in [2.75, 3.05) is 53.5 Å². The Morgan fingerprint density at radius 2 is 1.96 bits per heavy atom. The maximum atomic E-state index is 13.9. The Hall–Kier alpha value is -4.39. The molecule has 2 aliphatic heterocycles. The van der Waals surface area contributed by atoms with E-state index in [1.165, 1.54) is 39.8 Å². The predicted molar refractivity (Wildman–Crippen MR) is 171 cm³/mol. The van der Waals surface area contributed by atoms with E-state index in [0.717, 1.165) is 23.5 Å². The van der Waals surface area contributed by atoms with E-state index >= 15 is 0 Å². The lowest BCUT2D eigenvalue weighted by Crippen LogP contribution is -2.57. The van der Waals surface area contributed by atoms with Crippen molar-refractivity contribution in [3.8, 4) is 0 Å². The second-order valence-corrected chi connectivity index (χ2v) is 14.1. The van der Waals surface area contributed by atoms with Gasteiger partial charge in [0.05, 0.1) is 25.5 Å². The molecule has 0 bridgehead atoms. The van der Waals surface area contributed by atoms with Crippen molar-refractivity contribution in [3.63, 3.8) is 0 Å². The maximum Gasteiger partial charge on any atom is 0.412 e. The topological polar surface area (TPSA) is 207 Å². The molecule has 0 aliphatic carbocycles. The molecule has 3 aromatic rings. The van der Waals surface area contributed by atoms with Gasteiger partial charge in [-0.2, -0.15) is 4.31 Å². The number of amidine groups is 1. The van der Waals surface area contributed by atoms with E-state index in [-0.39, 0.29) is 61.0 Å². The zero-order chi connectivity index (χ0) is 33.9. The highest BCUT2D eigenvalue weighted by atomic mass is 32.2. The number of benzene rings is 1. The van der Waals surface area contributed by atoms with Crippen LogP contribution in [0.15, 0.2) is 29.3 Å². The second kappa shape index (κ2) is 14.2. The molecule has 0 radical (unpaired) electrons. The van der Waals surface area contributed by atoms with E-state index in [9.17, 15) is 27.6 Å². The number of rotatable bonds is 9. The van der Waals surface area contributed by atoms with Crippen LogP contribution in [-0.4, -0.2) is 122 Å². The molecule has 18 heteroatoms. The minimum Gasteiger partial charge on any atom is -0.465 e. The van der Waals surface area contributed by atoms with Crippen LogP contribution in [0.2, 0.25) is 0 Å². The van der Waals surface area contributed by atoms with Gasteiger partial charge in [-0.1, -0.05) is 12.1 Å². The van der Waals surface area contributed by atoms with Gasteiger partial charge in [-0.3, -0.25) is 25.1 Å². The standard InChI is InChI=1S/C29H36N8O8S2/c1-4-45-25(39)14-31-23(38)13-19-15-36(9-10-37(19)28(40)27-33-20-7-8-35(2)16-22(20)46-27)47(42,43)24-12-17-5-6-18(11-21(17)32-24)26(30)34-29(41)44-3/h5-6,11-12,19,32H,4,7-10,13-16H2,1-3H3,(H,31,38)(H2,30,34,41). The number of H-pyrrole nitrogens is 1. The Morgan fingerprint density at radius 3 is 2.70 bits per heavy atom. The van der Waals surface area contributed by atoms with E-state index in [1.807, 2.05) is 7.05 Å². The molecule has 1 fully saturated rings. The number of fused-ring (bicyclic) bond motifs is 2. The van der Waals surface area contributed by atoms with Gasteiger partial charge in [-0.15, -0.1) is 11.3 Å². The maximum absolute atomic E-state index is 13.9. The fourth-order valence-corrected chi connectivity index (χ4v) is 8.08. The first-order valence-corrected chi connectivity index (χ1v) is 17.1. The lowest BCUT2D eigenvalue weighted by atomic mass is 10.1. The summed E-state index contributed by atoms with van der Waals surface area (Å²) in [5, 5.41) is 13.6. The number of alkyl carbamates (subject to hydrolysis) is 1. The van der Waals surface area contributed by atoms with Gasteiger partial charge in [0.15, 0.2) is 5.01 Å². The van der Waals surface area contributed by atoms with Gasteiger partial charge in [-0.05, 0) is 26.1 Å². The molecule has 2 aliphatic rings. The van der Waals surface area contributed by atoms with Gasteiger partial charge in [0.25, 0.3) is 15.9 Å². The Labute approximate surface area is 274 Å². The number of carbonyl (C=O) groups is 4. The molecule has 1 saturated heterocycles. The molecule has 1 atom stereocenters. The lowest BCUT2D eigenvalue weighted by molar-refractivity contribution is -0.143. The molecule has 1 unspecified atom stereocenters. The average molecular weight is 689 g/mol. The van der Waals surface area contributed by atoms with Crippen molar-refractivity contribution >= 4 is 62.0 Å². The van der Waals surface area contributed by atoms with Gasteiger partial charge in [0.1, 0.15) is 17.4 Å². The third-order valence-corrected chi connectivity index (χ3v) is 10.7. The number of nitrogens with zero attached hydrogens (tertiary/aromatic N) is 4. The zero-order valence-corrected chi connectivity index (χ0v) is 27.8. The highest BCUT2D eigenvalue weighted by Gasteiger charge is 2.39. The molecule has 16 nitrogen and oxygen atoms in total. The number of carbonyl (C=O) groups excluding carboxylic acids is 4. The number of aromatic nitrogens is 2. The number of amides is 3. The number of thiazole rings is 1. The van der Waals surface area contributed by atoms with Crippen LogP contribution in [0.3, 0.4) is 0 Å². The minimum atomic E-state index is -4.13. The third-order valence-electron chi connectivity index (χ3n) is 7.88. The fourth-order valence-electron chi connectivity index (χ4n) is 5.45. The molecule has 47 heavy (non-hydrogen) atoms. The monoisotopic (exact) mass is 688 g/mol. The van der Waals surface area contributed by atoms with Crippen molar-refractivity contribution < 1.29 is 37.1 Å². The van der Waals surface area contributed by atoms with Crippen molar-refractivity contribution in [3.05, 3.63) is 45.4 Å². The van der Waals surface area contributed by atoms with E-state index in [4.69, 9.17) is 10.1 Å². The number of methoxy groups -OCH3 is 1. The van der Waals surface area contributed by atoms with Gasteiger partial charge in [0, 0.05) is 66.9 Å². The number of ether oxygens (including phenoxy) is 2. The molecule has 5 rings (SSSR count). The summed E-state index contributed by atoms with van der Waals surface area (Å²) >= 11 is 1.31. The Morgan fingerprint density at radius 1 is 1.17 bits per heavy atom. The fraction of sp³-hybridized carbons (Fsp3) is 0.448. The highest BCUT2D eigenvalue weighted by Crippen LogP contribution is 2.29. The van der Waals surface area contributed by atoms with Crippen LogP contribution in [0.25, 0.3) is 10.9 Å². The summed E-state index contributed by atoms with van der Waals surface area (Å²) in [5.41, 5.74) is 1.62. The number of likely N-dealkylation sites (N-methyl/N-ethyl adjacent to an activating group) is 1. The van der Waals surface area contributed by atoms with Crippen molar-refractivity contribution in [2.45, 2.75) is 37.4 Å². The summed E-state index contributed by atoms with van der Waals surface area (Å²) in [6, 6.07) is 5.33. The van der Waals surface area contributed by atoms with Crippen LogP contribution in [-0.2, 0) is 42.1 Å². The van der Waals surface area contributed by atoms with Crippen molar-refractivity contribution in [2.24, 2.45) is 0 Å². The molecule has 4 N–H and O–H groups in total. The smallest absolute Gasteiger partial charge is 0.412 e. The van der Waals surface area contributed by atoms with Crippen LogP contribution in [0.4, 0.5) is 4.79 Å². The second-order valence-electron chi connectivity index (χ2n) is 11.1. The summed E-state index contributed by atoms with van der Waals surface area (Å²) in [5.74, 6) is -1.76. The summed E-state index contributed by atoms with van der Waals surface area (Å²) in [7, 11) is -0.962. The number of hydrogen-bond acceptors (Lipinski definition) is 12. The van der Waals surface area contributed by atoms with Gasteiger partial charge in [0.2, 0.25) is 5.91 Å². The minimum absolute atomic E-state index is 0.0127. The first kappa shape index (κ1) is 34.0. The molecule has 0 saturated carbocycles. The number of aromatic amines is 1. The van der Waals surface area contributed by atoms with Crippen molar-refractivity contribution in [1.29, 1.82) is 5.41 Å². The van der Waals surface area contributed by atoms with Gasteiger partial charge >= 0.3 is 12.1 Å². The molecule has 1 aromatic carbocycles. The molecule has 4 heterocycles. The van der Waals surface area contributed by atoms with E-state index < -0.39 is 34.0 Å². The van der Waals surface area contributed by atoms with Gasteiger partial charge in [-0.25, -0.2) is 18.2 Å². The first-order valence-electron chi connectivity index (χ1n) is 14.9. The van der Waals surface area contributed by atoms with E-state index in [1.54, 1.807) is 19.1 Å². The molecule has 2 aromatic heterocycles. The SMILES string of the molecule is CCOC(=O)CNC(=O)CC1CN(S(=O)(=O)c2cc3ccc(C(=N)NC(=O)OC)cc3[nH]2)CCN1C(=O)c1nc2c(s1)CN(C)CC2. The molecule has 3 amide bonds. The van der Waals surface area contributed by atoms with E-state index in [2.05, 4.69) is 30.2 Å². The summed E-state index contributed by atoms with van der Waals surface area (Å²) in [6.45, 7) is 2.76. The van der Waals surface area contributed by atoms with E-state index in [0.29, 0.717) is 23.0 Å². The van der Waals surface area contributed by atoms with Crippen LogP contribution in [0.1, 0.15) is 39.3 Å². The Balaban J connectivity index is 1.37. The van der Waals surface area contributed by atoms with Crippen LogP contribution >= 0.6 is 11.3 Å². The highest BCUT2D eigenvalue weighted by molar-refractivity contribution is 7.89. The molecule has 252 valence electrons. The van der Waals surface area contributed by atoms with Gasteiger partial charge < -0.3 is 29.6 Å². The third kappa shape index (κ3) is 7.61. The van der Waals surface area contributed by atoms with Crippen molar-refractivity contribution in [1.82, 2.24) is 34.7 Å². The zero-order valence-electron chi connectivity index (χ0n) is 26.1. The van der Waals surface area contributed by atoms with Crippen LogP contribution in [0.5, 0.6) is 0 Å². The number of hydrogen-bond donors (Lipinski definition) is 4. The summed E-state index contributed by atoms with van der Waals surface area (Å²) in [6.07, 6.45) is -0.347. The average Bonchev–Trinajstić information content (AvgIpc) is 3.68. The number of piperazine rings is 1. The largest absolute Gasteiger partial charge is 0.465 e. The Bertz CT molecular complexity index is 1820. The summed E-state index contributed by atoms with van der Waals surface area (Å²) < 4.78 is 38.4. The quantitative estimate of drug-likeness (QED) is 0.142. The lowest BCUT2D eigenvalue weighted by Gasteiger charge is -2.40. The first-order chi connectivity index (χ1) is 22.4. The van der Waals surface area contributed by atoms with Crippen LogP contribution < -0.4 is 10.6 Å². The number of nitrogens with one attached hydrogen (secondary N) is 4.